The SMILES string of the molecule is Cc1cc(/C=C/C#N)cc(C)c1Nc1nc(Nc2ccc(C#N)cc2)ncc1C(O)c1ccccn1.Cc1cc(/C=C/C#N)cc(C)c1Nc1nc(Nc2ccc(C#N)cc2)ncc1C=O.[Li+].[c-]1ccccn1. The van der Waals surface area contributed by atoms with Gasteiger partial charge in [-0.1, -0.05) is 18.5 Å². The molecule has 0 aliphatic rings. The molecule has 4 aromatic carbocycles. The van der Waals surface area contributed by atoms with Gasteiger partial charge in [-0.05, 0) is 158 Å². The molecule has 352 valence electrons. The predicted octanol–water partition coefficient (Wildman–Crippen LogP) is 8.15. The topological polar surface area (TPSA) is 258 Å². The molecule has 16 nitrogen and oxygen atoms in total. The molecule has 4 heterocycles. The van der Waals surface area contributed by atoms with Crippen molar-refractivity contribution in [2.45, 2.75) is 33.8 Å². The van der Waals surface area contributed by atoms with E-state index in [2.05, 4.69) is 69.5 Å². The number of rotatable bonds is 13. The van der Waals surface area contributed by atoms with Gasteiger partial charge in [-0.15, -0.1) is 0 Å². The maximum absolute atomic E-state index is 11.5. The molecule has 0 amide bonds. The number of allylic oxidation sites excluding steroid dienone is 2. The summed E-state index contributed by atoms with van der Waals surface area (Å²) in [5, 5.41) is 59.4. The molecule has 17 heteroatoms. The number of hydrogen-bond donors (Lipinski definition) is 5. The summed E-state index contributed by atoms with van der Waals surface area (Å²) in [6.07, 6.45) is 15.0. The zero-order valence-electron chi connectivity index (χ0n) is 40.5. The Labute approximate surface area is 435 Å². The van der Waals surface area contributed by atoms with E-state index in [4.69, 9.17) is 21.0 Å². The molecule has 0 saturated carbocycles. The number of aryl methyl sites for hydroxylation is 4. The third kappa shape index (κ3) is 15.6. The average Bonchev–Trinajstić information content (AvgIpc) is 3.41. The first-order valence-corrected chi connectivity index (χ1v) is 22.0. The quantitative estimate of drug-likeness (QED) is 0.0316. The number of nitriles is 4. The fourth-order valence-corrected chi connectivity index (χ4v) is 6.96. The molecular formula is C56H45LiN14O2. The molecule has 0 radical (unpaired) electrons. The summed E-state index contributed by atoms with van der Waals surface area (Å²) >= 11 is 0. The Hall–Kier alpha value is -9.79. The van der Waals surface area contributed by atoms with Gasteiger partial charge in [0.05, 0.1) is 46.7 Å². The van der Waals surface area contributed by atoms with Crippen molar-refractivity contribution < 1.29 is 28.8 Å². The maximum Gasteiger partial charge on any atom is 1.00 e. The van der Waals surface area contributed by atoms with E-state index in [1.54, 1.807) is 97.5 Å². The van der Waals surface area contributed by atoms with Gasteiger partial charge in [0, 0.05) is 59.1 Å². The Bertz CT molecular complexity index is 3310. The Kier molecular flexibility index (Phi) is 20.3. The molecule has 0 saturated heterocycles. The standard InChI is InChI=1S/C28H23N7O.C23H18N6O.C5H4N.Li/c1-18-14-21(6-5-12-29)15-19(2)25(18)34-27-23(26(36)24-7-3-4-13-31-24)17-32-28(35-27)33-22-10-8-20(16-30)9-11-22;1-15-10-18(4-3-9-24)11-16(2)21(15)28-22-19(14-30)13-26-23(29-22)27-20-7-5-17(12-25)6-8-20;1-2-4-6-5-3-1;/h3-11,13-15,17,26,36H,1-2H3,(H2,32,33,34,35);3-8,10-11,13-14H,1-2H3,(H2,26,27,28,29);1-4H;/q;;-1;+1/b6-5+;4-3+;;. The van der Waals surface area contributed by atoms with Gasteiger partial charge in [0.25, 0.3) is 0 Å². The van der Waals surface area contributed by atoms with Gasteiger partial charge in [-0.2, -0.15) is 49.2 Å². The number of pyridine rings is 2. The molecule has 1 atom stereocenters. The molecule has 0 aliphatic carbocycles. The number of carbonyl (C=O) groups excluding carboxylic acids is 1. The van der Waals surface area contributed by atoms with Crippen LogP contribution in [0.5, 0.6) is 0 Å². The van der Waals surface area contributed by atoms with E-state index < -0.39 is 6.10 Å². The summed E-state index contributed by atoms with van der Waals surface area (Å²) < 4.78 is 0. The van der Waals surface area contributed by atoms with Crippen LogP contribution in [-0.4, -0.2) is 41.3 Å². The number of aliphatic hydroxyl groups excluding tert-OH is 1. The predicted molar refractivity (Wildman–Crippen MR) is 277 cm³/mol. The van der Waals surface area contributed by atoms with E-state index in [9.17, 15) is 9.90 Å². The van der Waals surface area contributed by atoms with Gasteiger partial charge in [0.15, 0.2) is 6.29 Å². The van der Waals surface area contributed by atoms with Crippen molar-refractivity contribution in [3.8, 4) is 24.3 Å². The molecule has 0 bridgehead atoms. The van der Waals surface area contributed by atoms with Crippen molar-refractivity contribution in [2.75, 3.05) is 21.3 Å². The minimum Gasteiger partial charge on any atom is -0.394 e. The molecule has 8 rings (SSSR count). The molecule has 4 aromatic heterocycles. The van der Waals surface area contributed by atoms with E-state index in [1.165, 1.54) is 18.3 Å². The van der Waals surface area contributed by atoms with Crippen molar-refractivity contribution in [3.63, 3.8) is 0 Å². The van der Waals surface area contributed by atoms with Crippen LogP contribution in [0.1, 0.15) is 72.2 Å². The zero-order valence-corrected chi connectivity index (χ0v) is 40.5. The van der Waals surface area contributed by atoms with Gasteiger partial charge in [0.2, 0.25) is 11.9 Å². The number of aromatic nitrogens is 6. The fourth-order valence-electron chi connectivity index (χ4n) is 6.96. The summed E-state index contributed by atoms with van der Waals surface area (Å²) in [7, 11) is 0. The van der Waals surface area contributed by atoms with Crippen LogP contribution >= 0.6 is 0 Å². The second-order valence-electron chi connectivity index (χ2n) is 15.6. The molecule has 5 N–H and O–H groups in total. The zero-order chi connectivity index (χ0) is 51.2. The Morgan fingerprint density at radius 2 is 1.10 bits per heavy atom. The van der Waals surface area contributed by atoms with Gasteiger partial charge in [-0.3, -0.25) is 9.78 Å². The first-order chi connectivity index (χ1) is 35.0. The van der Waals surface area contributed by atoms with Gasteiger partial charge >= 0.3 is 18.9 Å². The largest absolute Gasteiger partial charge is 1.00 e. The number of nitrogens with one attached hydrogen (secondary N) is 4. The van der Waals surface area contributed by atoms with E-state index in [0.29, 0.717) is 57.8 Å². The number of aliphatic hydroxyl groups is 1. The maximum atomic E-state index is 11.5. The van der Waals surface area contributed by atoms with Crippen molar-refractivity contribution in [3.05, 3.63) is 214 Å². The van der Waals surface area contributed by atoms with Crippen LogP contribution in [0.25, 0.3) is 12.2 Å². The number of benzene rings is 4. The molecule has 1 unspecified atom stereocenters. The number of nitrogens with zero attached hydrogens (tertiary/aromatic N) is 10. The normalized spacial score (nSPS) is 10.5. The summed E-state index contributed by atoms with van der Waals surface area (Å²) in [6.45, 7) is 7.81. The monoisotopic (exact) mass is 952 g/mol. The third-order valence-electron chi connectivity index (χ3n) is 10.4. The molecule has 0 fully saturated rings. The molecule has 8 aromatic rings. The third-order valence-corrected chi connectivity index (χ3v) is 10.4. The number of anilines is 8. The minimum absolute atomic E-state index is 0. The average molecular weight is 953 g/mol. The first kappa shape index (κ1) is 54.2. The van der Waals surface area contributed by atoms with Crippen LogP contribution in [0.3, 0.4) is 0 Å². The van der Waals surface area contributed by atoms with Crippen LogP contribution in [0, 0.1) is 79.2 Å². The number of hydrogen-bond acceptors (Lipinski definition) is 16. The van der Waals surface area contributed by atoms with E-state index in [1.807, 2.05) is 82.3 Å². The Morgan fingerprint density at radius 1 is 0.603 bits per heavy atom. The second-order valence-corrected chi connectivity index (χ2v) is 15.6. The van der Waals surface area contributed by atoms with Crippen molar-refractivity contribution in [1.82, 2.24) is 29.9 Å². The Balaban J connectivity index is 0.000000242. The van der Waals surface area contributed by atoms with Crippen LogP contribution in [0.4, 0.5) is 46.3 Å². The van der Waals surface area contributed by atoms with Crippen LogP contribution in [0.15, 0.2) is 146 Å². The van der Waals surface area contributed by atoms with Crippen molar-refractivity contribution in [2.24, 2.45) is 0 Å². The van der Waals surface area contributed by atoms with Crippen molar-refractivity contribution >= 4 is 64.7 Å². The minimum atomic E-state index is -1.05. The summed E-state index contributed by atoms with van der Waals surface area (Å²) in [6, 6.07) is 40.7. The van der Waals surface area contributed by atoms with Gasteiger partial charge < -0.3 is 31.4 Å². The van der Waals surface area contributed by atoms with Crippen LogP contribution in [0.2, 0.25) is 0 Å². The van der Waals surface area contributed by atoms with Crippen LogP contribution < -0.4 is 40.1 Å². The van der Waals surface area contributed by atoms with E-state index in [-0.39, 0.29) is 18.9 Å². The van der Waals surface area contributed by atoms with Crippen LogP contribution in [-0.2, 0) is 0 Å². The van der Waals surface area contributed by atoms with E-state index in [0.717, 1.165) is 56.1 Å². The van der Waals surface area contributed by atoms with Crippen molar-refractivity contribution in [1.29, 1.82) is 21.0 Å². The number of carbonyl (C=O) groups is 1. The summed E-state index contributed by atoms with van der Waals surface area (Å²) in [4.78, 5) is 37.1. The molecule has 0 spiro atoms. The summed E-state index contributed by atoms with van der Waals surface area (Å²) in [5.74, 6) is 1.44. The molecular weight excluding hydrogens is 908 g/mol. The summed E-state index contributed by atoms with van der Waals surface area (Å²) in [5.41, 5.74) is 11.1. The van der Waals surface area contributed by atoms with Gasteiger partial charge in [-0.25, -0.2) is 9.97 Å². The second kappa shape index (κ2) is 27.4. The molecule has 0 aliphatic heterocycles. The molecule has 73 heavy (non-hydrogen) atoms. The Morgan fingerprint density at radius 3 is 1.51 bits per heavy atom. The smallest absolute Gasteiger partial charge is 0.394 e. The number of aldehydes is 1. The van der Waals surface area contributed by atoms with E-state index >= 15 is 0 Å². The first-order valence-electron chi connectivity index (χ1n) is 22.0. The van der Waals surface area contributed by atoms with Gasteiger partial charge in [0.1, 0.15) is 17.7 Å². The fraction of sp³-hybridized carbons (Fsp3) is 0.0893.